The number of aromatic nitrogens is 1. The second kappa shape index (κ2) is 9.83. The lowest BCUT2D eigenvalue weighted by atomic mass is 10.1. The molecule has 0 spiro atoms. The van der Waals surface area contributed by atoms with Gasteiger partial charge < -0.3 is 20.1 Å². The third-order valence-electron chi connectivity index (χ3n) is 5.98. The number of benzene rings is 3. The molecular weight excluding hydrogens is 474 g/mol. The minimum Gasteiger partial charge on any atom is -0.454 e. The van der Waals surface area contributed by atoms with Gasteiger partial charge in [0.1, 0.15) is 0 Å². The molecule has 0 saturated heterocycles. The number of ether oxygens (including phenoxy) is 2. The van der Waals surface area contributed by atoms with Crippen molar-refractivity contribution in [2.24, 2.45) is 0 Å². The van der Waals surface area contributed by atoms with Crippen molar-refractivity contribution in [3.8, 4) is 22.8 Å². The Hall–Kier alpha value is -4.17. The molecule has 5 rings (SSSR count). The maximum absolute atomic E-state index is 12.7. The van der Waals surface area contributed by atoms with Crippen molar-refractivity contribution in [2.75, 3.05) is 17.4 Å². The van der Waals surface area contributed by atoms with Crippen LogP contribution in [0.25, 0.3) is 11.3 Å². The number of carbonyl (C=O) groups excluding carboxylic acids is 2. The SMILES string of the molecule is Cc1cc(-c2nc(NC(=O)Cc3ccc4c(c3)OCO4)sc2C)ccc1NC(=O)c1ccccc1C. The summed E-state index contributed by atoms with van der Waals surface area (Å²) in [6.45, 7) is 6.05. The molecule has 4 aromatic rings. The Morgan fingerprint density at radius 3 is 2.53 bits per heavy atom. The Morgan fingerprint density at radius 1 is 0.917 bits per heavy atom. The molecule has 1 aromatic heterocycles. The van der Waals surface area contributed by atoms with E-state index in [0.29, 0.717) is 22.2 Å². The van der Waals surface area contributed by atoms with Crippen LogP contribution >= 0.6 is 11.3 Å². The van der Waals surface area contributed by atoms with E-state index in [4.69, 9.17) is 9.47 Å². The summed E-state index contributed by atoms with van der Waals surface area (Å²) in [5.41, 5.74) is 5.81. The molecular formula is C28H25N3O4S. The Morgan fingerprint density at radius 2 is 1.72 bits per heavy atom. The fraction of sp³-hybridized carbons (Fsp3) is 0.179. The zero-order valence-electron chi connectivity index (χ0n) is 20.2. The molecule has 0 bridgehead atoms. The van der Waals surface area contributed by atoms with Gasteiger partial charge in [0.15, 0.2) is 16.6 Å². The van der Waals surface area contributed by atoms with Gasteiger partial charge in [0, 0.05) is 21.7 Å². The summed E-state index contributed by atoms with van der Waals surface area (Å²) in [4.78, 5) is 31.0. The van der Waals surface area contributed by atoms with Gasteiger partial charge in [0.2, 0.25) is 12.7 Å². The predicted octanol–water partition coefficient (Wildman–Crippen LogP) is 5.90. The number of amides is 2. The van der Waals surface area contributed by atoms with Gasteiger partial charge in [-0.05, 0) is 67.8 Å². The number of rotatable bonds is 6. The smallest absolute Gasteiger partial charge is 0.255 e. The highest BCUT2D eigenvalue weighted by atomic mass is 32.1. The van der Waals surface area contributed by atoms with E-state index in [0.717, 1.165) is 38.5 Å². The molecule has 0 unspecified atom stereocenters. The van der Waals surface area contributed by atoms with Crippen LogP contribution in [0.3, 0.4) is 0 Å². The number of hydrogen-bond donors (Lipinski definition) is 2. The highest BCUT2D eigenvalue weighted by Crippen LogP contribution is 2.34. The molecule has 0 aliphatic carbocycles. The van der Waals surface area contributed by atoms with Crippen LogP contribution in [0.2, 0.25) is 0 Å². The second-order valence-electron chi connectivity index (χ2n) is 8.64. The first-order valence-electron chi connectivity index (χ1n) is 11.5. The number of nitrogens with zero attached hydrogens (tertiary/aromatic N) is 1. The topological polar surface area (TPSA) is 89.6 Å². The lowest BCUT2D eigenvalue weighted by Gasteiger charge is -2.11. The van der Waals surface area contributed by atoms with E-state index in [9.17, 15) is 9.59 Å². The summed E-state index contributed by atoms with van der Waals surface area (Å²) in [5, 5.41) is 6.45. The molecule has 2 N–H and O–H groups in total. The number of aryl methyl sites for hydroxylation is 3. The van der Waals surface area contributed by atoms with Gasteiger partial charge >= 0.3 is 0 Å². The van der Waals surface area contributed by atoms with Gasteiger partial charge in [-0.2, -0.15) is 0 Å². The number of nitrogens with one attached hydrogen (secondary N) is 2. The third kappa shape index (κ3) is 4.94. The maximum atomic E-state index is 12.7. The van der Waals surface area contributed by atoms with Crippen LogP contribution in [0.1, 0.15) is 31.9 Å². The summed E-state index contributed by atoms with van der Waals surface area (Å²) < 4.78 is 10.7. The second-order valence-corrected chi connectivity index (χ2v) is 9.84. The monoisotopic (exact) mass is 499 g/mol. The molecule has 182 valence electrons. The Kier molecular flexibility index (Phi) is 6.43. The molecule has 7 nitrogen and oxygen atoms in total. The van der Waals surface area contributed by atoms with Crippen molar-refractivity contribution in [2.45, 2.75) is 27.2 Å². The molecule has 8 heteroatoms. The normalized spacial score (nSPS) is 11.9. The van der Waals surface area contributed by atoms with Gasteiger partial charge in [-0.25, -0.2) is 4.98 Å². The van der Waals surface area contributed by atoms with Crippen LogP contribution in [0.4, 0.5) is 10.8 Å². The Balaban J connectivity index is 1.27. The maximum Gasteiger partial charge on any atom is 0.255 e. The van der Waals surface area contributed by atoms with E-state index in [1.807, 2.05) is 81.4 Å². The molecule has 1 aliphatic heterocycles. The van der Waals surface area contributed by atoms with Crippen LogP contribution in [0, 0.1) is 20.8 Å². The van der Waals surface area contributed by atoms with Crippen LogP contribution < -0.4 is 20.1 Å². The predicted molar refractivity (Wildman–Crippen MR) is 141 cm³/mol. The minimum atomic E-state index is -0.153. The van der Waals surface area contributed by atoms with E-state index in [-0.39, 0.29) is 25.0 Å². The zero-order chi connectivity index (χ0) is 25.2. The summed E-state index contributed by atoms with van der Waals surface area (Å²) in [6.07, 6.45) is 0.207. The van der Waals surface area contributed by atoms with Gasteiger partial charge in [0.25, 0.3) is 5.91 Å². The largest absolute Gasteiger partial charge is 0.454 e. The van der Waals surface area contributed by atoms with E-state index in [2.05, 4.69) is 15.6 Å². The average Bonchev–Trinajstić information content (AvgIpc) is 3.46. The van der Waals surface area contributed by atoms with Gasteiger partial charge in [-0.3, -0.25) is 9.59 Å². The number of carbonyl (C=O) groups is 2. The van der Waals surface area contributed by atoms with Crippen molar-refractivity contribution >= 4 is 34.0 Å². The van der Waals surface area contributed by atoms with E-state index >= 15 is 0 Å². The highest BCUT2D eigenvalue weighted by Gasteiger charge is 2.17. The summed E-state index contributed by atoms with van der Waals surface area (Å²) in [7, 11) is 0. The van der Waals surface area contributed by atoms with Crippen LogP contribution in [0.5, 0.6) is 11.5 Å². The molecule has 3 aromatic carbocycles. The number of hydrogen-bond acceptors (Lipinski definition) is 6. The molecule has 0 saturated carbocycles. The molecule has 2 amide bonds. The molecule has 0 radical (unpaired) electrons. The molecule has 1 aliphatic rings. The lowest BCUT2D eigenvalue weighted by molar-refractivity contribution is -0.115. The van der Waals surface area contributed by atoms with E-state index < -0.39 is 0 Å². The summed E-state index contributed by atoms with van der Waals surface area (Å²) in [6, 6.07) is 18.8. The fourth-order valence-electron chi connectivity index (χ4n) is 4.09. The van der Waals surface area contributed by atoms with Crippen molar-refractivity contribution in [3.05, 3.63) is 87.8 Å². The standard InChI is InChI=1S/C28H25N3O4S/c1-16-6-4-5-7-21(16)27(33)29-22-10-9-20(12-17(22)2)26-18(3)36-28(31-26)30-25(32)14-19-8-11-23-24(13-19)35-15-34-23/h4-13H,14-15H2,1-3H3,(H,29,33)(H,30,31,32). The zero-order valence-corrected chi connectivity index (χ0v) is 21.0. The highest BCUT2D eigenvalue weighted by molar-refractivity contribution is 7.16. The molecule has 0 atom stereocenters. The van der Waals surface area contributed by atoms with Crippen molar-refractivity contribution < 1.29 is 19.1 Å². The van der Waals surface area contributed by atoms with Crippen molar-refractivity contribution in [1.29, 1.82) is 0 Å². The van der Waals surface area contributed by atoms with Crippen LogP contribution in [0.15, 0.2) is 60.7 Å². The third-order valence-corrected chi connectivity index (χ3v) is 6.87. The summed E-state index contributed by atoms with van der Waals surface area (Å²) >= 11 is 1.43. The summed E-state index contributed by atoms with van der Waals surface area (Å²) in [5.74, 6) is 1.05. The van der Waals surface area contributed by atoms with Gasteiger partial charge in [-0.1, -0.05) is 30.3 Å². The minimum absolute atomic E-state index is 0.138. The van der Waals surface area contributed by atoms with E-state index in [1.165, 1.54) is 11.3 Å². The van der Waals surface area contributed by atoms with Gasteiger partial charge in [0.05, 0.1) is 12.1 Å². The molecule has 0 fully saturated rings. The number of thiazole rings is 1. The van der Waals surface area contributed by atoms with Crippen LogP contribution in [-0.4, -0.2) is 23.6 Å². The first-order valence-corrected chi connectivity index (χ1v) is 12.3. The first kappa shape index (κ1) is 23.6. The van der Waals surface area contributed by atoms with E-state index in [1.54, 1.807) is 0 Å². The van der Waals surface area contributed by atoms with Gasteiger partial charge in [-0.15, -0.1) is 11.3 Å². The first-order chi connectivity index (χ1) is 17.4. The number of fused-ring (bicyclic) bond motifs is 1. The molecule has 2 heterocycles. The Labute approximate surface area is 213 Å². The fourth-order valence-corrected chi connectivity index (χ4v) is 4.94. The van der Waals surface area contributed by atoms with Crippen molar-refractivity contribution in [1.82, 2.24) is 4.98 Å². The average molecular weight is 500 g/mol. The number of anilines is 2. The quantitative estimate of drug-likeness (QED) is 0.345. The van der Waals surface area contributed by atoms with Crippen LogP contribution in [-0.2, 0) is 11.2 Å². The lowest BCUT2D eigenvalue weighted by Crippen LogP contribution is -2.14. The molecule has 36 heavy (non-hydrogen) atoms. The van der Waals surface area contributed by atoms with Crippen molar-refractivity contribution in [3.63, 3.8) is 0 Å². The Bertz CT molecular complexity index is 1480.